The normalized spacial score (nSPS) is 19.0. The highest BCUT2D eigenvalue weighted by Gasteiger charge is 2.32. The molecule has 0 heterocycles. The molecule has 5 nitrogen and oxygen atoms in total. The summed E-state index contributed by atoms with van der Waals surface area (Å²) in [5.41, 5.74) is 1.81. The third-order valence-corrected chi connectivity index (χ3v) is 4.65. The molecule has 0 radical (unpaired) electrons. The Morgan fingerprint density at radius 2 is 1.92 bits per heavy atom. The Labute approximate surface area is 151 Å². The SMILES string of the molecule is CC=C[C@H](O)CC1=C(CCCCCCCC(=O)OC)[C@H](OC)CC1=O. The van der Waals surface area contributed by atoms with E-state index < -0.39 is 6.10 Å². The zero-order valence-electron chi connectivity index (χ0n) is 15.8. The molecule has 0 fully saturated rings. The van der Waals surface area contributed by atoms with Gasteiger partial charge < -0.3 is 14.6 Å². The van der Waals surface area contributed by atoms with Crippen molar-refractivity contribution in [2.75, 3.05) is 14.2 Å². The van der Waals surface area contributed by atoms with E-state index in [2.05, 4.69) is 4.74 Å². The van der Waals surface area contributed by atoms with Crippen LogP contribution in [0.5, 0.6) is 0 Å². The Hall–Kier alpha value is -1.46. The zero-order valence-corrected chi connectivity index (χ0v) is 15.8. The second-order valence-corrected chi connectivity index (χ2v) is 6.50. The van der Waals surface area contributed by atoms with Crippen LogP contribution in [0.1, 0.15) is 64.7 Å². The molecule has 0 spiro atoms. The van der Waals surface area contributed by atoms with E-state index in [0.29, 0.717) is 19.3 Å². The van der Waals surface area contributed by atoms with Crippen LogP contribution >= 0.6 is 0 Å². The van der Waals surface area contributed by atoms with Gasteiger partial charge in [0.05, 0.1) is 19.3 Å². The van der Waals surface area contributed by atoms with Crippen molar-refractivity contribution in [2.45, 2.75) is 76.9 Å². The molecule has 1 aliphatic rings. The Kier molecular flexibility index (Phi) is 10.3. The maximum Gasteiger partial charge on any atom is 0.305 e. The van der Waals surface area contributed by atoms with Crippen LogP contribution in [0, 0.1) is 0 Å². The maximum atomic E-state index is 12.2. The van der Waals surface area contributed by atoms with Crippen molar-refractivity contribution in [3.8, 4) is 0 Å². The van der Waals surface area contributed by atoms with Gasteiger partial charge in [-0.1, -0.05) is 31.4 Å². The summed E-state index contributed by atoms with van der Waals surface area (Å²) in [5, 5.41) is 9.99. The van der Waals surface area contributed by atoms with Gasteiger partial charge in [-0.2, -0.15) is 0 Å². The van der Waals surface area contributed by atoms with Crippen LogP contribution < -0.4 is 0 Å². The highest BCUT2D eigenvalue weighted by atomic mass is 16.5. The van der Waals surface area contributed by atoms with Gasteiger partial charge in [-0.25, -0.2) is 0 Å². The number of carbonyl (C=O) groups is 2. The molecule has 0 saturated heterocycles. The average molecular weight is 352 g/mol. The molecular weight excluding hydrogens is 320 g/mol. The van der Waals surface area contributed by atoms with Crippen LogP contribution in [0.25, 0.3) is 0 Å². The quantitative estimate of drug-likeness (QED) is 0.331. The Morgan fingerprint density at radius 3 is 2.56 bits per heavy atom. The van der Waals surface area contributed by atoms with E-state index in [-0.39, 0.29) is 17.9 Å². The number of methoxy groups -OCH3 is 2. The molecule has 5 heteroatoms. The molecule has 0 aliphatic heterocycles. The van der Waals surface area contributed by atoms with Crippen LogP contribution in [-0.2, 0) is 19.1 Å². The number of Topliss-reactive ketones (excluding diaryl/α,β-unsaturated/α-hetero) is 1. The molecular formula is C20H32O5. The summed E-state index contributed by atoms with van der Waals surface area (Å²) in [6.07, 6.45) is 9.80. The molecule has 0 bridgehead atoms. The largest absolute Gasteiger partial charge is 0.469 e. The fraction of sp³-hybridized carbons (Fsp3) is 0.700. The summed E-state index contributed by atoms with van der Waals surface area (Å²) >= 11 is 0. The van der Waals surface area contributed by atoms with Gasteiger partial charge in [-0.05, 0) is 37.3 Å². The fourth-order valence-corrected chi connectivity index (χ4v) is 3.29. The van der Waals surface area contributed by atoms with Crippen LogP contribution in [-0.4, -0.2) is 43.3 Å². The van der Waals surface area contributed by atoms with Crippen molar-refractivity contribution in [3.63, 3.8) is 0 Å². The number of carbonyl (C=O) groups excluding carboxylic acids is 2. The molecule has 1 rings (SSSR count). The number of ether oxygens (including phenoxy) is 2. The molecule has 25 heavy (non-hydrogen) atoms. The van der Waals surface area contributed by atoms with Crippen molar-refractivity contribution in [1.82, 2.24) is 0 Å². The third-order valence-electron chi connectivity index (χ3n) is 4.65. The fourth-order valence-electron chi connectivity index (χ4n) is 3.29. The van der Waals surface area contributed by atoms with Crippen LogP contribution in [0.4, 0.5) is 0 Å². The van der Waals surface area contributed by atoms with E-state index in [9.17, 15) is 14.7 Å². The van der Waals surface area contributed by atoms with E-state index >= 15 is 0 Å². The highest BCUT2D eigenvalue weighted by molar-refractivity contribution is 5.99. The first-order chi connectivity index (χ1) is 12.0. The molecule has 0 aromatic carbocycles. The van der Waals surface area contributed by atoms with Crippen LogP contribution in [0.15, 0.2) is 23.3 Å². The number of aliphatic hydroxyl groups is 1. The van der Waals surface area contributed by atoms with E-state index in [1.54, 1.807) is 19.3 Å². The maximum absolute atomic E-state index is 12.2. The number of rotatable bonds is 12. The Balaban J connectivity index is 2.46. The van der Waals surface area contributed by atoms with Gasteiger partial charge >= 0.3 is 5.97 Å². The predicted octanol–water partition coefficient (Wildman–Crippen LogP) is 3.50. The predicted molar refractivity (Wildman–Crippen MR) is 97.2 cm³/mol. The van der Waals surface area contributed by atoms with E-state index in [0.717, 1.165) is 49.7 Å². The van der Waals surface area contributed by atoms with Gasteiger partial charge in [0.15, 0.2) is 5.78 Å². The lowest BCUT2D eigenvalue weighted by atomic mass is 9.97. The molecule has 0 aromatic heterocycles. The molecule has 0 unspecified atom stereocenters. The number of unbranched alkanes of at least 4 members (excludes halogenated alkanes) is 4. The summed E-state index contributed by atoms with van der Waals surface area (Å²) in [6.45, 7) is 1.85. The first-order valence-electron chi connectivity index (χ1n) is 9.19. The number of hydrogen-bond acceptors (Lipinski definition) is 5. The third kappa shape index (κ3) is 7.53. The van der Waals surface area contributed by atoms with Gasteiger partial charge in [0.25, 0.3) is 0 Å². The number of esters is 1. The minimum absolute atomic E-state index is 0.100. The number of allylic oxidation sites excluding steroid dienone is 1. The molecule has 1 N–H and O–H groups in total. The summed E-state index contributed by atoms with van der Waals surface area (Å²) in [7, 11) is 3.05. The lowest BCUT2D eigenvalue weighted by Gasteiger charge is -2.14. The number of aliphatic hydroxyl groups excluding tert-OH is 1. The molecule has 1 aliphatic carbocycles. The lowest BCUT2D eigenvalue weighted by Crippen LogP contribution is -2.10. The minimum atomic E-state index is -0.618. The van der Waals surface area contributed by atoms with Gasteiger partial charge in [0, 0.05) is 26.4 Å². The summed E-state index contributed by atoms with van der Waals surface area (Å²) in [4.78, 5) is 23.3. The molecule has 142 valence electrons. The van der Waals surface area contributed by atoms with Gasteiger partial charge in [0.1, 0.15) is 0 Å². The standard InChI is InChI=1S/C20H32O5/c1-4-10-15(21)13-17-16(19(24-2)14-18(17)22)11-8-6-5-7-9-12-20(23)25-3/h4,10,15,19,21H,5-9,11-14H2,1-3H3/t15-,19+/m0/s1. The minimum Gasteiger partial charge on any atom is -0.469 e. The molecule has 0 saturated carbocycles. The van der Waals surface area contributed by atoms with Crippen molar-refractivity contribution >= 4 is 11.8 Å². The first kappa shape index (κ1) is 21.6. The summed E-state index contributed by atoms with van der Waals surface area (Å²) in [6, 6.07) is 0. The van der Waals surface area contributed by atoms with Crippen LogP contribution in [0.3, 0.4) is 0 Å². The van der Waals surface area contributed by atoms with Crippen molar-refractivity contribution in [2.24, 2.45) is 0 Å². The Morgan fingerprint density at radius 1 is 1.24 bits per heavy atom. The molecule has 0 amide bonds. The van der Waals surface area contributed by atoms with Crippen molar-refractivity contribution in [3.05, 3.63) is 23.3 Å². The first-order valence-corrected chi connectivity index (χ1v) is 9.19. The van der Waals surface area contributed by atoms with Gasteiger partial charge in [0.2, 0.25) is 0 Å². The molecule has 2 atom stereocenters. The molecule has 0 aromatic rings. The number of hydrogen-bond donors (Lipinski definition) is 1. The van der Waals surface area contributed by atoms with Crippen molar-refractivity contribution < 1.29 is 24.2 Å². The topological polar surface area (TPSA) is 72.8 Å². The second-order valence-electron chi connectivity index (χ2n) is 6.50. The monoisotopic (exact) mass is 352 g/mol. The number of ketones is 1. The van der Waals surface area contributed by atoms with Crippen LogP contribution in [0.2, 0.25) is 0 Å². The Bertz CT molecular complexity index is 492. The summed E-state index contributed by atoms with van der Waals surface area (Å²) in [5.74, 6) is -0.0506. The average Bonchev–Trinajstić information content (AvgIpc) is 2.89. The smallest absolute Gasteiger partial charge is 0.305 e. The van der Waals surface area contributed by atoms with E-state index in [4.69, 9.17) is 4.74 Å². The van der Waals surface area contributed by atoms with Crippen molar-refractivity contribution in [1.29, 1.82) is 0 Å². The van der Waals surface area contributed by atoms with E-state index in [1.165, 1.54) is 7.11 Å². The highest BCUT2D eigenvalue weighted by Crippen LogP contribution is 2.32. The van der Waals surface area contributed by atoms with E-state index in [1.807, 2.05) is 6.92 Å². The summed E-state index contributed by atoms with van der Waals surface area (Å²) < 4.78 is 10.1. The lowest BCUT2D eigenvalue weighted by molar-refractivity contribution is -0.140. The van der Waals surface area contributed by atoms with Gasteiger partial charge in [-0.3, -0.25) is 9.59 Å². The van der Waals surface area contributed by atoms with Gasteiger partial charge in [-0.15, -0.1) is 0 Å². The second kappa shape index (κ2) is 12.0. The zero-order chi connectivity index (χ0) is 18.7.